The smallest absolute Gasteiger partial charge is 0.373 e. The van der Waals surface area contributed by atoms with Crippen molar-refractivity contribution in [3.05, 3.63) is 59.7 Å². The Morgan fingerprint density at radius 3 is 1.61 bits per heavy atom. The van der Waals surface area contributed by atoms with Gasteiger partial charge in [-0.15, -0.1) is 9.78 Å². The molecule has 0 amide bonds. The van der Waals surface area contributed by atoms with E-state index >= 15 is 0 Å². The molecule has 2 aromatic rings. The van der Waals surface area contributed by atoms with Gasteiger partial charge in [-0.25, -0.2) is 9.59 Å². The lowest BCUT2D eigenvalue weighted by molar-refractivity contribution is -0.421. The Balaban J connectivity index is 1.92. The van der Waals surface area contributed by atoms with Gasteiger partial charge in [0.15, 0.2) is 0 Å². The fourth-order valence-electron chi connectivity index (χ4n) is 3.43. The molecule has 0 bridgehead atoms. The van der Waals surface area contributed by atoms with E-state index < -0.39 is 18.2 Å². The quantitative estimate of drug-likeness (QED) is 0.0948. The van der Waals surface area contributed by atoms with E-state index in [-0.39, 0.29) is 11.1 Å². The standard InChI is InChI=1S/C28H38O8/c1-4-7-8-9-10-11-12-19-26(33-35-27(29)22-15-13-17-24(20-22)31-5-2)34-36-28(30)23-16-14-18-25(21-23)32-6-3/h13-18,20-21,26H,4-12,19H2,1-3H3. The molecule has 0 aliphatic rings. The molecule has 0 atom stereocenters. The van der Waals surface area contributed by atoms with Gasteiger partial charge in [-0.3, -0.25) is 9.78 Å². The third-order valence-corrected chi connectivity index (χ3v) is 5.27. The molecule has 2 rings (SSSR count). The summed E-state index contributed by atoms with van der Waals surface area (Å²) >= 11 is 0. The Morgan fingerprint density at radius 1 is 0.667 bits per heavy atom. The molecule has 8 heteroatoms. The maximum Gasteiger partial charge on any atom is 0.373 e. The van der Waals surface area contributed by atoms with E-state index in [0.717, 1.165) is 25.7 Å². The Morgan fingerprint density at radius 2 is 1.14 bits per heavy atom. The van der Waals surface area contributed by atoms with Crippen LogP contribution in [0.5, 0.6) is 11.5 Å². The maximum atomic E-state index is 12.5. The van der Waals surface area contributed by atoms with Gasteiger partial charge >= 0.3 is 11.9 Å². The first-order valence-corrected chi connectivity index (χ1v) is 12.8. The zero-order valence-electron chi connectivity index (χ0n) is 21.5. The molecule has 0 aliphatic carbocycles. The predicted molar refractivity (Wildman–Crippen MR) is 135 cm³/mol. The summed E-state index contributed by atoms with van der Waals surface area (Å²) in [7, 11) is 0. The van der Waals surface area contributed by atoms with E-state index in [1.807, 2.05) is 13.8 Å². The minimum Gasteiger partial charge on any atom is -0.494 e. The average molecular weight is 503 g/mol. The molecule has 0 N–H and O–H groups in total. The van der Waals surface area contributed by atoms with Crippen LogP contribution in [0.3, 0.4) is 0 Å². The molecule has 0 aromatic heterocycles. The number of hydrogen-bond donors (Lipinski definition) is 0. The number of carbonyl (C=O) groups excluding carboxylic acids is 2. The Bertz CT molecular complexity index is 848. The van der Waals surface area contributed by atoms with Gasteiger partial charge in [-0.1, -0.05) is 57.6 Å². The van der Waals surface area contributed by atoms with E-state index in [1.54, 1.807) is 48.5 Å². The number of hydrogen-bond acceptors (Lipinski definition) is 8. The van der Waals surface area contributed by atoms with Crippen molar-refractivity contribution >= 4 is 11.9 Å². The lowest BCUT2D eigenvalue weighted by atomic mass is 10.1. The third kappa shape index (κ3) is 11.1. The lowest BCUT2D eigenvalue weighted by Crippen LogP contribution is -2.22. The Kier molecular flexibility index (Phi) is 14.0. The normalized spacial score (nSPS) is 10.8. The summed E-state index contributed by atoms with van der Waals surface area (Å²) in [4.78, 5) is 45.4. The van der Waals surface area contributed by atoms with Crippen molar-refractivity contribution < 1.29 is 38.6 Å². The fourth-order valence-corrected chi connectivity index (χ4v) is 3.43. The van der Waals surface area contributed by atoms with Gasteiger partial charge in [0.05, 0.1) is 24.3 Å². The predicted octanol–water partition coefficient (Wildman–Crippen LogP) is 6.83. The number of carbonyl (C=O) groups is 2. The number of unbranched alkanes of at least 4 members (excludes halogenated alkanes) is 6. The summed E-state index contributed by atoms with van der Waals surface area (Å²) in [5.41, 5.74) is 0.528. The van der Waals surface area contributed by atoms with Crippen LogP contribution in [0.1, 0.15) is 92.9 Å². The van der Waals surface area contributed by atoms with Gasteiger partial charge in [0.2, 0.25) is 6.29 Å². The SMILES string of the molecule is CCCCCCCCCC(OOC(=O)c1cccc(OCC)c1)OOC(=O)c1cccc(OCC)c1. The summed E-state index contributed by atoms with van der Waals surface area (Å²) in [5, 5.41) is 0. The van der Waals surface area contributed by atoms with Crippen molar-refractivity contribution in [3.8, 4) is 11.5 Å². The van der Waals surface area contributed by atoms with Crippen molar-refractivity contribution in [2.75, 3.05) is 13.2 Å². The first-order valence-electron chi connectivity index (χ1n) is 12.8. The molecule has 8 nitrogen and oxygen atoms in total. The highest BCUT2D eigenvalue weighted by molar-refractivity contribution is 5.89. The highest BCUT2D eigenvalue weighted by Gasteiger charge is 2.20. The van der Waals surface area contributed by atoms with Crippen molar-refractivity contribution in [3.63, 3.8) is 0 Å². The molecule has 0 fully saturated rings. The van der Waals surface area contributed by atoms with Gasteiger partial charge < -0.3 is 9.47 Å². The molecule has 0 spiro atoms. The summed E-state index contributed by atoms with van der Waals surface area (Å²) in [5.74, 6) is -0.321. The highest BCUT2D eigenvalue weighted by Crippen LogP contribution is 2.18. The number of ether oxygens (including phenoxy) is 2. The molecule has 0 aliphatic heterocycles. The van der Waals surface area contributed by atoms with Crippen LogP contribution in [-0.4, -0.2) is 31.4 Å². The minimum absolute atomic E-state index is 0.264. The average Bonchev–Trinajstić information content (AvgIpc) is 2.89. The number of rotatable bonds is 18. The molecule has 0 saturated carbocycles. The molecule has 0 saturated heterocycles. The van der Waals surface area contributed by atoms with E-state index in [4.69, 9.17) is 29.0 Å². The summed E-state index contributed by atoms with van der Waals surface area (Å²) in [6.45, 7) is 6.84. The summed E-state index contributed by atoms with van der Waals surface area (Å²) in [6.07, 6.45) is 6.91. The minimum atomic E-state index is -1.07. The van der Waals surface area contributed by atoms with E-state index in [9.17, 15) is 9.59 Å². The Labute approximate surface area is 213 Å². The van der Waals surface area contributed by atoms with Gasteiger partial charge in [-0.2, -0.15) is 0 Å². The molecule has 36 heavy (non-hydrogen) atoms. The molecular weight excluding hydrogens is 464 g/mol. The van der Waals surface area contributed by atoms with Crippen LogP contribution >= 0.6 is 0 Å². The first kappa shape index (κ1) is 29.1. The molecule has 2 aromatic carbocycles. The van der Waals surface area contributed by atoms with E-state index in [1.165, 1.54) is 19.3 Å². The maximum absolute atomic E-state index is 12.5. The number of benzene rings is 2. The van der Waals surface area contributed by atoms with Gasteiger partial charge in [0, 0.05) is 6.42 Å². The van der Waals surface area contributed by atoms with Crippen LogP contribution in [-0.2, 0) is 19.6 Å². The van der Waals surface area contributed by atoms with Crippen molar-refractivity contribution in [2.24, 2.45) is 0 Å². The van der Waals surface area contributed by atoms with Gasteiger partial charge in [0.25, 0.3) is 0 Å². The Hall–Kier alpha value is -3.10. The van der Waals surface area contributed by atoms with Gasteiger partial charge in [0.1, 0.15) is 11.5 Å². The topological polar surface area (TPSA) is 89.5 Å². The molecule has 0 heterocycles. The van der Waals surface area contributed by atoms with Crippen LogP contribution in [0.2, 0.25) is 0 Å². The van der Waals surface area contributed by atoms with Crippen LogP contribution in [0.4, 0.5) is 0 Å². The van der Waals surface area contributed by atoms with Crippen LogP contribution in [0.15, 0.2) is 48.5 Å². The third-order valence-electron chi connectivity index (χ3n) is 5.27. The van der Waals surface area contributed by atoms with Crippen molar-refractivity contribution in [2.45, 2.75) is 78.4 Å². The van der Waals surface area contributed by atoms with Crippen LogP contribution in [0.25, 0.3) is 0 Å². The highest BCUT2D eigenvalue weighted by atomic mass is 17.3. The zero-order valence-corrected chi connectivity index (χ0v) is 21.5. The molecule has 0 radical (unpaired) electrons. The summed E-state index contributed by atoms with van der Waals surface area (Å²) < 4.78 is 10.8. The van der Waals surface area contributed by atoms with E-state index in [0.29, 0.717) is 31.1 Å². The monoisotopic (exact) mass is 502 g/mol. The van der Waals surface area contributed by atoms with Crippen molar-refractivity contribution in [1.82, 2.24) is 0 Å². The molecule has 0 unspecified atom stereocenters. The molecule has 198 valence electrons. The zero-order chi connectivity index (χ0) is 26.0. The van der Waals surface area contributed by atoms with E-state index in [2.05, 4.69) is 6.92 Å². The van der Waals surface area contributed by atoms with Gasteiger partial charge in [-0.05, 0) is 56.7 Å². The summed E-state index contributed by atoms with van der Waals surface area (Å²) in [6, 6.07) is 13.2. The second-order valence-corrected chi connectivity index (χ2v) is 8.20. The second kappa shape index (κ2) is 17.3. The largest absolute Gasteiger partial charge is 0.494 e. The lowest BCUT2D eigenvalue weighted by Gasteiger charge is -2.15. The second-order valence-electron chi connectivity index (χ2n) is 8.20. The van der Waals surface area contributed by atoms with Crippen LogP contribution in [0, 0.1) is 0 Å². The fraction of sp³-hybridized carbons (Fsp3) is 0.500. The first-order chi connectivity index (χ1) is 17.6. The molecular formula is C28H38O8. The van der Waals surface area contributed by atoms with Crippen molar-refractivity contribution in [1.29, 1.82) is 0 Å². The van der Waals surface area contributed by atoms with Crippen LogP contribution < -0.4 is 9.47 Å².